The van der Waals surface area contributed by atoms with Crippen LogP contribution in [-0.4, -0.2) is 37.2 Å². The fraction of sp³-hybridized carbons (Fsp3) is 0.643. The minimum atomic E-state index is 0.492. The van der Waals surface area contributed by atoms with Crippen LogP contribution in [0.1, 0.15) is 27.7 Å². The highest BCUT2D eigenvalue weighted by Crippen LogP contribution is 2.12. The van der Waals surface area contributed by atoms with Gasteiger partial charge in [0, 0.05) is 24.7 Å². The molecular weight excluding hydrogens is 242 g/mol. The van der Waals surface area contributed by atoms with E-state index in [1.54, 1.807) is 19.2 Å². The highest BCUT2D eigenvalue weighted by atomic mass is 16.5. The van der Waals surface area contributed by atoms with Gasteiger partial charge in [-0.2, -0.15) is 0 Å². The first-order chi connectivity index (χ1) is 8.95. The van der Waals surface area contributed by atoms with E-state index in [0.717, 1.165) is 17.8 Å². The molecule has 1 rings (SSSR count). The summed E-state index contributed by atoms with van der Waals surface area (Å²) in [5.41, 5.74) is 0. The van der Waals surface area contributed by atoms with Crippen LogP contribution in [0, 0.1) is 5.21 Å². The molecule has 0 aliphatic rings. The van der Waals surface area contributed by atoms with Gasteiger partial charge >= 0.3 is 0 Å². The quantitative estimate of drug-likeness (QED) is 0.605. The van der Waals surface area contributed by atoms with Crippen LogP contribution in [-0.2, 0) is 0 Å². The van der Waals surface area contributed by atoms with Crippen LogP contribution in [0.3, 0.4) is 0 Å². The van der Waals surface area contributed by atoms with Crippen molar-refractivity contribution in [2.24, 2.45) is 0 Å². The Balaban J connectivity index is 2.57. The third kappa shape index (κ3) is 4.59. The van der Waals surface area contributed by atoms with E-state index in [0.29, 0.717) is 23.7 Å². The lowest BCUT2D eigenvalue weighted by Gasteiger charge is -2.29. The number of aromatic nitrogens is 1. The van der Waals surface area contributed by atoms with Gasteiger partial charge in [0.1, 0.15) is 5.75 Å². The SMILES string of the molecule is COc1cc[n+]([O-])c(NCCN(C(C)C)C(C)C)c1. The fourth-order valence-corrected chi connectivity index (χ4v) is 2.15. The molecule has 5 heteroatoms. The largest absolute Gasteiger partial charge is 0.711 e. The van der Waals surface area contributed by atoms with Gasteiger partial charge in [0.25, 0.3) is 5.82 Å². The van der Waals surface area contributed by atoms with Gasteiger partial charge in [0.05, 0.1) is 25.9 Å². The Morgan fingerprint density at radius 1 is 1.32 bits per heavy atom. The molecule has 1 aromatic rings. The first kappa shape index (κ1) is 15.6. The maximum atomic E-state index is 11.6. The van der Waals surface area contributed by atoms with E-state index in [1.807, 2.05) is 0 Å². The predicted octanol–water partition coefficient (Wildman–Crippen LogP) is 1.86. The van der Waals surface area contributed by atoms with Crippen molar-refractivity contribution in [1.82, 2.24) is 4.90 Å². The van der Waals surface area contributed by atoms with E-state index in [2.05, 4.69) is 37.9 Å². The number of methoxy groups -OCH3 is 1. The smallest absolute Gasteiger partial charge is 0.281 e. The van der Waals surface area contributed by atoms with Gasteiger partial charge in [-0.1, -0.05) is 0 Å². The Hall–Kier alpha value is -1.49. The second kappa shape index (κ2) is 7.19. The third-order valence-electron chi connectivity index (χ3n) is 3.13. The number of nitrogens with one attached hydrogen (secondary N) is 1. The molecule has 5 nitrogen and oxygen atoms in total. The number of rotatable bonds is 7. The summed E-state index contributed by atoms with van der Waals surface area (Å²) >= 11 is 0. The minimum absolute atomic E-state index is 0.492. The predicted molar refractivity (Wildman–Crippen MR) is 77.4 cm³/mol. The highest BCUT2D eigenvalue weighted by Gasteiger charge is 2.14. The number of hydrogen-bond acceptors (Lipinski definition) is 4. The van der Waals surface area contributed by atoms with E-state index >= 15 is 0 Å². The summed E-state index contributed by atoms with van der Waals surface area (Å²) in [6.07, 6.45) is 1.45. The molecule has 0 radical (unpaired) electrons. The van der Waals surface area contributed by atoms with Gasteiger partial charge in [-0.25, -0.2) is 4.73 Å². The van der Waals surface area contributed by atoms with Gasteiger partial charge < -0.3 is 9.94 Å². The van der Waals surface area contributed by atoms with Crippen LogP contribution >= 0.6 is 0 Å². The number of nitrogens with zero attached hydrogens (tertiary/aromatic N) is 2. The van der Waals surface area contributed by atoms with Gasteiger partial charge in [0.2, 0.25) is 0 Å². The van der Waals surface area contributed by atoms with Gasteiger partial charge in [-0.15, -0.1) is 0 Å². The lowest BCUT2D eigenvalue weighted by atomic mass is 10.2. The molecule has 0 amide bonds. The number of pyridine rings is 1. The molecule has 1 aromatic heterocycles. The van der Waals surface area contributed by atoms with Crippen LogP contribution in [0.5, 0.6) is 5.75 Å². The summed E-state index contributed by atoms with van der Waals surface area (Å²) in [7, 11) is 1.59. The van der Waals surface area contributed by atoms with Gasteiger partial charge in [0.15, 0.2) is 0 Å². The number of anilines is 1. The Morgan fingerprint density at radius 2 is 1.95 bits per heavy atom. The van der Waals surface area contributed by atoms with E-state index in [1.165, 1.54) is 6.20 Å². The second-order valence-electron chi connectivity index (χ2n) is 5.13. The molecule has 1 heterocycles. The van der Waals surface area contributed by atoms with Crippen LogP contribution in [0.15, 0.2) is 18.3 Å². The average Bonchev–Trinajstić information content (AvgIpc) is 2.35. The van der Waals surface area contributed by atoms with E-state index in [-0.39, 0.29) is 0 Å². The molecule has 0 spiro atoms. The summed E-state index contributed by atoms with van der Waals surface area (Å²) in [6.45, 7) is 10.3. The molecule has 0 fully saturated rings. The minimum Gasteiger partial charge on any atom is -0.711 e. The summed E-state index contributed by atoms with van der Waals surface area (Å²) < 4.78 is 5.93. The maximum absolute atomic E-state index is 11.6. The van der Waals surface area contributed by atoms with Crippen molar-refractivity contribution in [3.8, 4) is 5.75 Å². The lowest BCUT2D eigenvalue weighted by Crippen LogP contribution is -2.41. The zero-order chi connectivity index (χ0) is 14.4. The van der Waals surface area contributed by atoms with Crippen LogP contribution in [0.2, 0.25) is 0 Å². The number of ether oxygens (including phenoxy) is 1. The Morgan fingerprint density at radius 3 is 2.47 bits per heavy atom. The van der Waals surface area contributed by atoms with Crippen LogP contribution in [0.25, 0.3) is 0 Å². The summed E-state index contributed by atoms with van der Waals surface area (Å²) in [5, 5.41) is 14.8. The molecule has 108 valence electrons. The highest BCUT2D eigenvalue weighted by molar-refractivity contribution is 5.35. The van der Waals surface area contributed by atoms with Crippen molar-refractivity contribution in [2.45, 2.75) is 39.8 Å². The van der Waals surface area contributed by atoms with Crippen molar-refractivity contribution >= 4 is 5.82 Å². The average molecular weight is 267 g/mol. The monoisotopic (exact) mass is 267 g/mol. The Bertz CT molecular complexity index is 386. The normalized spacial score (nSPS) is 11.4. The fourth-order valence-electron chi connectivity index (χ4n) is 2.15. The topological polar surface area (TPSA) is 51.4 Å². The Kier molecular flexibility index (Phi) is 5.89. The molecule has 0 saturated carbocycles. The van der Waals surface area contributed by atoms with Crippen molar-refractivity contribution in [1.29, 1.82) is 0 Å². The standard InChI is InChI=1S/C14H25N3O2/c1-11(2)16(12(3)4)9-7-15-14-10-13(19-5)6-8-17(14)18/h6,8,10-12,15H,7,9H2,1-5H3. The van der Waals surface area contributed by atoms with E-state index in [4.69, 9.17) is 4.74 Å². The Labute approximate surface area is 115 Å². The summed E-state index contributed by atoms with van der Waals surface area (Å²) in [6, 6.07) is 4.34. The molecule has 0 aliphatic heterocycles. The first-order valence-corrected chi connectivity index (χ1v) is 6.72. The van der Waals surface area contributed by atoms with Crippen LogP contribution < -0.4 is 14.8 Å². The molecular formula is C14H25N3O2. The van der Waals surface area contributed by atoms with Crippen molar-refractivity contribution in [2.75, 3.05) is 25.5 Å². The molecule has 1 N–H and O–H groups in total. The molecule has 0 aromatic carbocycles. The zero-order valence-electron chi connectivity index (χ0n) is 12.5. The summed E-state index contributed by atoms with van der Waals surface area (Å²) in [5.74, 6) is 1.20. The maximum Gasteiger partial charge on any atom is 0.281 e. The molecule has 19 heavy (non-hydrogen) atoms. The number of hydrogen-bond donors (Lipinski definition) is 1. The van der Waals surface area contributed by atoms with Crippen molar-refractivity contribution in [3.63, 3.8) is 0 Å². The van der Waals surface area contributed by atoms with Crippen molar-refractivity contribution in [3.05, 3.63) is 23.5 Å². The molecule has 0 aliphatic carbocycles. The summed E-state index contributed by atoms with van der Waals surface area (Å²) in [4.78, 5) is 2.38. The second-order valence-corrected chi connectivity index (χ2v) is 5.13. The molecule has 0 atom stereocenters. The first-order valence-electron chi connectivity index (χ1n) is 6.72. The zero-order valence-corrected chi connectivity index (χ0v) is 12.5. The van der Waals surface area contributed by atoms with Gasteiger partial charge in [-0.05, 0) is 27.7 Å². The van der Waals surface area contributed by atoms with Gasteiger partial charge in [-0.3, -0.25) is 10.2 Å². The molecule has 0 bridgehead atoms. The molecule has 0 unspecified atom stereocenters. The molecule has 0 saturated heterocycles. The van der Waals surface area contributed by atoms with E-state index < -0.39 is 0 Å². The third-order valence-corrected chi connectivity index (χ3v) is 3.13. The lowest BCUT2D eigenvalue weighted by molar-refractivity contribution is -0.590. The van der Waals surface area contributed by atoms with Crippen LogP contribution in [0.4, 0.5) is 5.82 Å². The van der Waals surface area contributed by atoms with E-state index in [9.17, 15) is 5.21 Å². The van der Waals surface area contributed by atoms with Crippen molar-refractivity contribution < 1.29 is 9.47 Å².